The summed E-state index contributed by atoms with van der Waals surface area (Å²) in [6.07, 6.45) is 1.77. The molecule has 0 spiro atoms. The number of ether oxygens (including phenoxy) is 1. The normalized spacial score (nSPS) is 10.7. The van der Waals surface area contributed by atoms with Crippen LogP contribution in [0.4, 0.5) is 5.69 Å². The van der Waals surface area contributed by atoms with Crippen LogP contribution >= 0.6 is 0 Å². The molecule has 1 aromatic heterocycles. The molecule has 1 amide bonds. The molecule has 0 fully saturated rings. The van der Waals surface area contributed by atoms with E-state index in [0.29, 0.717) is 11.3 Å². The predicted octanol–water partition coefficient (Wildman–Crippen LogP) is 4.29. The summed E-state index contributed by atoms with van der Waals surface area (Å²) in [7, 11) is 1.65. The average molecular weight is 343 g/mol. The number of anilines is 1. The number of amides is 1. The molecule has 0 unspecified atom stereocenters. The van der Waals surface area contributed by atoms with Crippen LogP contribution in [0.1, 0.15) is 10.4 Å². The lowest BCUT2D eigenvalue weighted by atomic mass is 10.2. The minimum Gasteiger partial charge on any atom is -0.497 e. The maximum atomic E-state index is 12.3. The van der Waals surface area contributed by atoms with Crippen LogP contribution < -0.4 is 10.1 Å². The Morgan fingerprint density at radius 3 is 2.50 bits per heavy atom. The number of aromatic nitrogens is 2. The molecule has 4 rings (SSSR count). The highest BCUT2D eigenvalue weighted by molar-refractivity contribution is 6.04. The summed E-state index contributed by atoms with van der Waals surface area (Å²) in [5.41, 5.74) is 4.11. The molecule has 0 saturated carbocycles. The Kier molecular flexibility index (Phi) is 4.11. The maximum Gasteiger partial charge on any atom is 0.255 e. The van der Waals surface area contributed by atoms with E-state index in [-0.39, 0.29) is 5.91 Å². The molecule has 0 saturated heterocycles. The summed E-state index contributed by atoms with van der Waals surface area (Å²) < 4.78 is 7.20. The summed E-state index contributed by atoms with van der Waals surface area (Å²) in [4.78, 5) is 16.7. The van der Waals surface area contributed by atoms with Crippen molar-refractivity contribution in [2.24, 2.45) is 0 Å². The van der Waals surface area contributed by atoms with Gasteiger partial charge in [-0.1, -0.05) is 18.2 Å². The molecule has 4 aromatic rings. The zero-order valence-corrected chi connectivity index (χ0v) is 14.2. The summed E-state index contributed by atoms with van der Waals surface area (Å²) >= 11 is 0. The smallest absolute Gasteiger partial charge is 0.255 e. The molecule has 128 valence electrons. The number of rotatable bonds is 4. The van der Waals surface area contributed by atoms with Crippen LogP contribution in [0.15, 0.2) is 79.1 Å². The summed E-state index contributed by atoms with van der Waals surface area (Å²) in [6, 6.07) is 22.6. The second-order valence-electron chi connectivity index (χ2n) is 5.84. The minimum atomic E-state index is -0.139. The third-order valence-corrected chi connectivity index (χ3v) is 4.19. The van der Waals surface area contributed by atoms with Crippen molar-refractivity contribution in [3.63, 3.8) is 0 Å². The van der Waals surface area contributed by atoms with E-state index in [1.165, 1.54) is 0 Å². The molecule has 1 heterocycles. The molecule has 1 N–H and O–H groups in total. The molecule has 0 radical (unpaired) electrons. The molecule has 0 bridgehead atoms. The lowest BCUT2D eigenvalue weighted by Crippen LogP contribution is -2.11. The number of benzene rings is 3. The second kappa shape index (κ2) is 6.72. The number of imidazole rings is 1. The number of hydrogen-bond donors (Lipinski definition) is 1. The van der Waals surface area contributed by atoms with E-state index in [1.54, 1.807) is 25.6 Å². The van der Waals surface area contributed by atoms with E-state index < -0.39 is 0 Å². The van der Waals surface area contributed by atoms with Gasteiger partial charge in [0.25, 0.3) is 5.91 Å². The predicted molar refractivity (Wildman–Crippen MR) is 102 cm³/mol. The average Bonchev–Trinajstić information content (AvgIpc) is 3.12. The van der Waals surface area contributed by atoms with Gasteiger partial charge in [-0.05, 0) is 54.6 Å². The van der Waals surface area contributed by atoms with Gasteiger partial charge in [0.1, 0.15) is 12.1 Å². The van der Waals surface area contributed by atoms with Crippen molar-refractivity contribution in [1.82, 2.24) is 9.55 Å². The summed E-state index contributed by atoms with van der Waals surface area (Å²) in [5, 5.41) is 2.91. The summed E-state index contributed by atoms with van der Waals surface area (Å²) in [6.45, 7) is 0. The molecule has 5 nitrogen and oxygen atoms in total. The Bertz CT molecular complexity index is 1050. The Morgan fingerprint density at radius 2 is 1.77 bits per heavy atom. The van der Waals surface area contributed by atoms with Crippen LogP contribution in [0.2, 0.25) is 0 Å². The van der Waals surface area contributed by atoms with E-state index in [2.05, 4.69) is 10.3 Å². The fraction of sp³-hybridized carbons (Fsp3) is 0.0476. The van der Waals surface area contributed by atoms with Crippen molar-refractivity contribution >= 4 is 22.6 Å². The summed E-state index contributed by atoms with van der Waals surface area (Å²) in [5.74, 6) is 0.670. The first-order chi connectivity index (χ1) is 12.7. The van der Waals surface area contributed by atoms with E-state index >= 15 is 0 Å². The number of hydrogen-bond acceptors (Lipinski definition) is 3. The van der Waals surface area contributed by atoms with Gasteiger partial charge in [-0.2, -0.15) is 0 Å². The molecule has 0 atom stereocenters. The van der Waals surface area contributed by atoms with Gasteiger partial charge in [0.15, 0.2) is 0 Å². The first kappa shape index (κ1) is 15.9. The van der Waals surface area contributed by atoms with Crippen LogP contribution in [0.3, 0.4) is 0 Å². The second-order valence-corrected chi connectivity index (χ2v) is 5.84. The lowest BCUT2D eigenvalue weighted by Gasteiger charge is -2.07. The maximum absolute atomic E-state index is 12.3. The fourth-order valence-electron chi connectivity index (χ4n) is 2.83. The van der Waals surface area contributed by atoms with E-state index in [1.807, 2.05) is 65.2 Å². The first-order valence-corrected chi connectivity index (χ1v) is 8.22. The fourth-order valence-corrected chi connectivity index (χ4v) is 2.83. The highest BCUT2D eigenvalue weighted by atomic mass is 16.5. The van der Waals surface area contributed by atoms with Crippen LogP contribution in [0.5, 0.6) is 5.75 Å². The van der Waals surface area contributed by atoms with Gasteiger partial charge in [-0.15, -0.1) is 0 Å². The third kappa shape index (κ3) is 3.02. The highest BCUT2D eigenvalue weighted by Crippen LogP contribution is 2.23. The number of nitrogens with one attached hydrogen (secondary N) is 1. The zero-order valence-electron chi connectivity index (χ0n) is 14.2. The van der Waals surface area contributed by atoms with Gasteiger partial charge >= 0.3 is 0 Å². The molecule has 26 heavy (non-hydrogen) atoms. The molecule has 5 heteroatoms. The number of fused-ring (bicyclic) bond motifs is 1. The molecular weight excluding hydrogens is 326 g/mol. The monoisotopic (exact) mass is 343 g/mol. The van der Waals surface area contributed by atoms with Crippen molar-refractivity contribution in [1.29, 1.82) is 0 Å². The quantitative estimate of drug-likeness (QED) is 0.601. The van der Waals surface area contributed by atoms with Gasteiger partial charge < -0.3 is 10.1 Å². The van der Waals surface area contributed by atoms with Crippen molar-refractivity contribution in [2.75, 3.05) is 12.4 Å². The van der Waals surface area contributed by atoms with Crippen molar-refractivity contribution in [3.05, 3.63) is 84.7 Å². The third-order valence-electron chi connectivity index (χ3n) is 4.19. The zero-order chi connectivity index (χ0) is 17.9. The van der Waals surface area contributed by atoms with Gasteiger partial charge in [0.05, 0.1) is 18.1 Å². The van der Waals surface area contributed by atoms with Crippen molar-refractivity contribution in [2.45, 2.75) is 0 Å². The minimum absolute atomic E-state index is 0.139. The molecular formula is C21H17N3O2. The molecule has 0 aliphatic rings. The first-order valence-electron chi connectivity index (χ1n) is 8.22. The standard InChI is InChI=1S/C21H17N3O2/c1-26-18-10-8-17(9-11-18)24-14-22-19-13-16(7-12-20(19)24)23-21(25)15-5-3-2-4-6-15/h2-14H,1H3,(H,23,25). The largest absolute Gasteiger partial charge is 0.497 e. The van der Waals surface area contributed by atoms with Crippen LogP contribution in [0.25, 0.3) is 16.7 Å². The van der Waals surface area contributed by atoms with Crippen molar-refractivity contribution in [3.8, 4) is 11.4 Å². The number of methoxy groups -OCH3 is 1. The van der Waals surface area contributed by atoms with Gasteiger partial charge in [0.2, 0.25) is 0 Å². The van der Waals surface area contributed by atoms with Gasteiger partial charge in [-0.3, -0.25) is 9.36 Å². The van der Waals surface area contributed by atoms with E-state index in [4.69, 9.17) is 4.74 Å². The Labute approximate surface area is 150 Å². The van der Waals surface area contributed by atoms with Crippen LogP contribution in [-0.4, -0.2) is 22.6 Å². The molecule has 0 aliphatic carbocycles. The van der Waals surface area contributed by atoms with Crippen LogP contribution in [0, 0.1) is 0 Å². The Balaban J connectivity index is 1.61. The Hall–Kier alpha value is -3.60. The highest BCUT2D eigenvalue weighted by Gasteiger charge is 2.09. The number of carbonyl (C=O) groups is 1. The Morgan fingerprint density at radius 1 is 1.00 bits per heavy atom. The molecule has 3 aromatic carbocycles. The lowest BCUT2D eigenvalue weighted by molar-refractivity contribution is 0.102. The van der Waals surface area contributed by atoms with E-state index in [9.17, 15) is 4.79 Å². The van der Waals surface area contributed by atoms with E-state index in [0.717, 1.165) is 22.5 Å². The SMILES string of the molecule is COc1ccc(-n2cnc3cc(NC(=O)c4ccccc4)ccc32)cc1. The number of nitrogens with zero attached hydrogens (tertiary/aromatic N) is 2. The van der Waals surface area contributed by atoms with Gasteiger partial charge in [-0.25, -0.2) is 4.98 Å². The topological polar surface area (TPSA) is 56.1 Å². The van der Waals surface area contributed by atoms with Crippen molar-refractivity contribution < 1.29 is 9.53 Å². The molecule has 0 aliphatic heterocycles. The van der Waals surface area contributed by atoms with Gasteiger partial charge in [0, 0.05) is 16.9 Å². The number of carbonyl (C=O) groups excluding carboxylic acids is 1. The van der Waals surface area contributed by atoms with Crippen LogP contribution in [-0.2, 0) is 0 Å².